The molecule has 3 N–H and O–H groups in total. The van der Waals surface area contributed by atoms with Crippen molar-refractivity contribution < 1.29 is 14.7 Å². The fourth-order valence-electron chi connectivity index (χ4n) is 2.24. The lowest BCUT2D eigenvalue weighted by Gasteiger charge is -2.11. The van der Waals surface area contributed by atoms with Crippen LogP contribution in [0.4, 0.5) is 5.69 Å². The molecule has 0 heterocycles. The number of carbonyl (C=O) groups excluding carboxylic acids is 1. The number of aliphatic carboxylic acids is 1. The molecule has 1 amide bonds. The molecule has 0 saturated carbocycles. The number of benzene rings is 2. The van der Waals surface area contributed by atoms with Gasteiger partial charge in [0.1, 0.15) is 0 Å². The molecule has 2 aromatic rings. The van der Waals surface area contributed by atoms with E-state index in [9.17, 15) is 9.59 Å². The minimum atomic E-state index is -1.02. The molecule has 26 heavy (non-hydrogen) atoms. The molecule has 5 nitrogen and oxygen atoms in total. The van der Waals surface area contributed by atoms with E-state index in [2.05, 4.69) is 24.5 Å². The maximum Gasteiger partial charge on any atom is 0.328 e. The summed E-state index contributed by atoms with van der Waals surface area (Å²) >= 11 is 5.17. The molecule has 0 fully saturated rings. The molecular formula is C20H20N2O3S. The zero-order valence-corrected chi connectivity index (χ0v) is 15.3. The van der Waals surface area contributed by atoms with Crippen LogP contribution < -0.4 is 10.6 Å². The Morgan fingerprint density at radius 3 is 2.42 bits per heavy atom. The number of nitrogens with one attached hydrogen (secondary N) is 2. The van der Waals surface area contributed by atoms with E-state index in [1.165, 1.54) is 6.08 Å². The van der Waals surface area contributed by atoms with Crippen LogP contribution in [0.25, 0.3) is 6.08 Å². The van der Waals surface area contributed by atoms with Gasteiger partial charge in [-0.05, 0) is 59.6 Å². The zero-order valence-electron chi connectivity index (χ0n) is 14.5. The fraction of sp³-hybridized carbons (Fsp3) is 0.150. The van der Waals surface area contributed by atoms with Gasteiger partial charge in [0.15, 0.2) is 5.11 Å². The Hall–Kier alpha value is -2.99. The highest BCUT2D eigenvalue weighted by Crippen LogP contribution is 2.15. The van der Waals surface area contributed by atoms with Crippen LogP contribution in [-0.4, -0.2) is 22.1 Å². The third kappa shape index (κ3) is 5.82. The van der Waals surface area contributed by atoms with E-state index in [0.717, 1.165) is 11.6 Å². The van der Waals surface area contributed by atoms with Crippen LogP contribution in [0.1, 0.15) is 41.3 Å². The van der Waals surface area contributed by atoms with E-state index in [1.54, 1.807) is 36.4 Å². The van der Waals surface area contributed by atoms with Crippen LogP contribution in [0.2, 0.25) is 0 Å². The highest BCUT2D eigenvalue weighted by Gasteiger charge is 2.09. The van der Waals surface area contributed by atoms with Gasteiger partial charge in [-0.25, -0.2) is 4.79 Å². The lowest BCUT2D eigenvalue weighted by molar-refractivity contribution is -0.131. The number of thiocarbonyl (C=S) groups is 1. The largest absolute Gasteiger partial charge is 0.478 e. The highest BCUT2D eigenvalue weighted by molar-refractivity contribution is 7.80. The zero-order chi connectivity index (χ0) is 19.1. The summed E-state index contributed by atoms with van der Waals surface area (Å²) in [6.45, 7) is 4.18. The first-order chi connectivity index (χ1) is 12.3. The highest BCUT2D eigenvalue weighted by atomic mass is 32.1. The molecule has 0 spiro atoms. The molecule has 134 valence electrons. The van der Waals surface area contributed by atoms with Gasteiger partial charge in [-0.3, -0.25) is 10.1 Å². The molecule has 0 radical (unpaired) electrons. The molecule has 6 heteroatoms. The first-order valence-corrected chi connectivity index (χ1v) is 8.49. The normalized spacial score (nSPS) is 10.7. The van der Waals surface area contributed by atoms with Gasteiger partial charge in [0.25, 0.3) is 5.91 Å². The van der Waals surface area contributed by atoms with E-state index in [-0.39, 0.29) is 11.0 Å². The van der Waals surface area contributed by atoms with Crippen molar-refractivity contribution in [1.82, 2.24) is 5.32 Å². The van der Waals surface area contributed by atoms with Crippen LogP contribution in [0.5, 0.6) is 0 Å². The van der Waals surface area contributed by atoms with Gasteiger partial charge in [-0.15, -0.1) is 0 Å². The average Bonchev–Trinajstić information content (AvgIpc) is 2.60. The molecule has 0 atom stereocenters. The Morgan fingerprint density at radius 1 is 1.12 bits per heavy atom. The SMILES string of the molecule is CC(C)c1ccc(C(=O)NC(=S)Nc2cccc(/C=C/C(=O)O)c2)cc1. The van der Waals surface area contributed by atoms with Crippen LogP contribution >= 0.6 is 12.2 Å². The standard InChI is InChI=1S/C20H20N2O3S/c1-13(2)15-7-9-16(10-8-15)19(25)22-20(26)21-17-5-3-4-14(12-17)6-11-18(23)24/h3-13H,1-2H3,(H,23,24)(H2,21,22,25,26)/b11-6+. The third-order valence-corrected chi connectivity index (χ3v) is 3.83. The van der Waals surface area contributed by atoms with Crippen LogP contribution in [0.15, 0.2) is 54.6 Å². The van der Waals surface area contributed by atoms with Crippen molar-refractivity contribution in [3.8, 4) is 0 Å². The number of hydrogen-bond acceptors (Lipinski definition) is 3. The minimum absolute atomic E-state index is 0.169. The van der Waals surface area contributed by atoms with E-state index in [4.69, 9.17) is 17.3 Å². The monoisotopic (exact) mass is 368 g/mol. The molecular weight excluding hydrogens is 348 g/mol. The molecule has 2 rings (SSSR count). The van der Waals surface area contributed by atoms with Gasteiger partial charge in [-0.2, -0.15) is 0 Å². The molecule has 0 aliphatic heterocycles. The molecule has 2 aromatic carbocycles. The summed E-state index contributed by atoms with van der Waals surface area (Å²) in [6.07, 6.45) is 2.53. The van der Waals surface area contributed by atoms with Gasteiger partial charge >= 0.3 is 5.97 Å². The Bertz CT molecular complexity index is 842. The molecule has 0 aromatic heterocycles. The van der Waals surface area contributed by atoms with Crippen LogP contribution in [0, 0.1) is 0 Å². The maximum absolute atomic E-state index is 12.3. The number of carbonyl (C=O) groups is 2. The van der Waals surface area contributed by atoms with Gasteiger partial charge in [0, 0.05) is 17.3 Å². The van der Waals surface area contributed by atoms with E-state index in [0.29, 0.717) is 22.7 Å². The lowest BCUT2D eigenvalue weighted by atomic mass is 10.0. The topological polar surface area (TPSA) is 78.4 Å². The number of anilines is 1. The van der Waals surface area contributed by atoms with E-state index < -0.39 is 5.97 Å². The van der Waals surface area contributed by atoms with Crippen molar-refractivity contribution in [2.24, 2.45) is 0 Å². The summed E-state index contributed by atoms with van der Waals surface area (Å²) in [5.41, 5.74) is 3.04. The molecule has 0 saturated heterocycles. The van der Waals surface area contributed by atoms with Gasteiger partial charge in [0.2, 0.25) is 0 Å². The second-order valence-corrected chi connectivity index (χ2v) is 6.39. The Kier molecular flexibility index (Phi) is 6.63. The molecule has 0 aliphatic rings. The maximum atomic E-state index is 12.3. The smallest absolute Gasteiger partial charge is 0.328 e. The summed E-state index contributed by atoms with van der Waals surface area (Å²) < 4.78 is 0. The first kappa shape index (κ1) is 19.3. The van der Waals surface area contributed by atoms with Crippen molar-refractivity contribution in [2.75, 3.05) is 5.32 Å². The molecule has 0 unspecified atom stereocenters. The van der Waals surface area contributed by atoms with Crippen molar-refractivity contribution >= 4 is 41.0 Å². The predicted octanol–water partition coefficient (Wildman–Crippen LogP) is 4.03. The number of hydrogen-bond donors (Lipinski definition) is 3. The average molecular weight is 368 g/mol. The van der Waals surface area contributed by atoms with E-state index in [1.807, 2.05) is 12.1 Å². The number of amides is 1. The summed E-state index contributed by atoms with van der Waals surface area (Å²) in [4.78, 5) is 22.8. The van der Waals surface area contributed by atoms with Crippen molar-refractivity contribution in [1.29, 1.82) is 0 Å². The third-order valence-electron chi connectivity index (χ3n) is 3.63. The second-order valence-electron chi connectivity index (χ2n) is 5.98. The minimum Gasteiger partial charge on any atom is -0.478 e. The van der Waals surface area contributed by atoms with Crippen LogP contribution in [-0.2, 0) is 4.79 Å². The van der Waals surface area contributed by atoms with Crippen molar-refractivity contribution in [3.63, 3.8) is 0 Å². The Morgan fingerprint density at radius 2 is 1.81 bits per heavy atom. The van der Waals surface area contributed by atoms with Crippen molar-refractivity contribution in [2.45, 2.75) is 19.8 Å². The lowest BCUT2D eigenvalue weighted by Crippen LogP contribution is -2.34. The quantitative estimate of drug-likeness (QED) is 0.548. The second kappa shape index (κ2) is 8.92. The molecule has 0 bridgehead atoms. The Labute approximate surface area is 157 Å². The fourth-order valence-corrected chi connectivity index (χ4v) is 2.46. The number of rotatable bonds is 5. The van der Waals surface area contributed by atoms with Gasteiger partial charge in [-0.1, -0.05) is 38.1 Å². The first-order valence-electron chi connectivity index (χ1n) is 8.08. The summed E-state index contributed by atoms with van der Waals surface area (Å²) in [7, 11) is 0. The molecule has 0 aliphatic carbocycles. The summed E-state index contributed by atoms with van der Waals surface area (Å²) in [6, 6.07) is 14.4. The van der Waals surface area contributed by atoms with Crippen LogP contribution in [0.3, 0.4) is 0 Å². The summed E-state index contributed by atoms with van der Waals surface area (Å²) in [5, 5.41) is 14.4. The van der Waals surface area contributed by atoms with Gasteiger partial charge < -0.3 is 10.4 Å². The van der Waals surface area contributed by atoms with Gasteiger partial charge in [0.05, 0.1) is 0 Å². The predicted molar refractivity (Wildman–Crippen MR) is 107 cm³/mol. The Balaban J connectivity index is 1.98. The number of carboxylic acids is 1. The van der Waals surface area contributed by atoms with Crippen molar-refractivity contribution in [3.05, 3.63) is 71.3 Å². The summed E-state index contributed by atoms with van der Waals surface area (Å²) in [5.74, 6) is -0.910. The number of carboxylic acid groups (broad SMARTS) is 1. The van der Waals surface area contributed by atoms with E-state index >= 15 is 0 Å².